The van der Waals surface area contributed by atoms with Crippen LogP contribution in [0.2, 0.25) is 0 Å². The number of hydrogen-bond donors (Lipinski definition) is 0. The molecule has 0 aliphatic carbocycles. The zero-order valence-electron chi connectivity index (χ0n) is 15.4. The molecule has 0 unspecified atom stereocenters. The third kappa shape index (κ3) is 5.08. The summed E-state index contributed by atoms with van der Waals surface area (Å²) in [5.74, 6) is 0. The molecule has 0 radical (unpaired) electrons. The summed E-state index contributed by atoms with van der Waals surface area (Å²) in [4.78, 5) is 2.11. The molecule has 0 fully saturated rings. The maximum absolute atomic E-state index is 5.99. The van der Waals surface area contributed by atoms with Gasteiger partial charge < -0.3 is 9.64 Å². The van der Waals surface area contributed by atoms with Crippen LogP contribution in [0.15, 0.2) is 84.9 Å². The van der Waals surface area contributed by atoms with E-state index in [0.29, 0.717) is 13.2 Å². The number of nitrogens with zero attached hydrogens (tertiary/aromatic N) is 1. The molecular formula is C24H25NO. The zero-order chi connectivity index (χ0) is 18.2. The van der Waals surface area contributed by atoms with Crippen LogP contribution in [0.5, 0.6) is 0 Å². The van der Waals surface area contributed by atoms with Gasteiger partial charge in [0.1, 0.15) is 0 Å². The molecule has 26 heavy (non-hydrogen) atoms. The molecule has 0 aliphatic heterocycles. The zero-order valence-corrected chi connectivity index (χ0v) is 15.4. The van der Waals surface area contributed by atoms with Crippen molar-refractivity contribution in [3.8, 4) is 0 Å². The Balaban J connectivity index is 1.77. The van der Waals surface area contributed by atoms with E-state index in [0.717, 1.165) is 0 Å². The summed E-state index contributed by atoms with van der Waals surface area (Å²) in [7, 11) is 4.11. The Morgan fingerprint density at radius 2 is 1.42 bits per heavy atom. The van der Waals surface area contributed by atoms with E-state index in [1.54, 1.807) is 0 Å². The first kappa shape index (κ1) is 18.0. The second-order valence-corrected chi connectivity index (χ2v) is 6.50. The van der Waals surface area contributed by atoms with Gasteiger partial charge in [-0.15, -0.1) is 0 Å². The Hall–Kier alpha value is -2.84. The summed E-state index contributed by atoms with van der Waals surface area (Å²) in [5, 5.41) is 0. The molecule has 3 aromatic carbocycles. The number of anilines is 1. The molecule has 0 N–H and O–H groups in total. The minimum atomic E-state index is 0.578. The first-order valence-electron chi connectivity index (χ1n) is 8.87. The third-order valence-electron chi connectivity index (χ3n) is 4.26. The van der Waals surface area contributed by atoms with Crippen LogP contribution in [0.25, 0.3) is 11.6 Å². The second kappa shape index (κ2) is 9.02. The minimum absolute atomic E-state index is 0.578. The molecule has 0 atom stereocenters. The first-order chi connectivity index (χ1) is 12.7. The minimum Gasteiger partial charge on any atom is -0.378 e. The van der Waals surface area contributed by atoms with Crippen molar-refractivity contribution in [2.45, 2.75) is 6.61 Å². The quantitative estimate of drug-likeness (QED) is 0.525. The summed E-state index contributed by atoms with van der Waals surface area (Å²) in [6.07, 6.45) is 2.21. The van der Waals surface area contributed by atoms with Gasteiger partial charge in [-0.25, -0.2) is 0 Å². The predicted octanol–water partition coefficient (Wildman–Crippen LogP) is 5.51. The lowest BCUT2D eigenvalue weighted by molar-refractivity contribution is 0.154. The van der Waals surface area contributed by atoms with E-state index in [-0.39, 0.29) is 0 Å². The summed E-state index contributed by atoms with van der Waals surface area (Å²) in [5.41, 5.74) is 5.94. The predicted molar refractivity (Wildman–Crippen MR) is 111 cm³/mol. The van der Waals surface area contributed by atoms with E-state index >= 15 is 0 Å². The Kier molecular flexibility index (Phi) is 6.24. The van der Waals surface area contributed by atoms with E-state index in [1.807, 2.05) is 24.3 Å². The Morgan fingerprint density at radius 1 is 0.808 bits per heavy atom. The number of hydrogen-bond acceptors (Lipinski definition) is 2. The van der Waals surface area contributed by atoms with Crippen molar-refractivity contribution in [3.63, 3.8) is 0 Å². The standard InChI is InChI=1S/C24H25NO/c1-25(2)24-15-13-20(14-16-24)17-23(22-11-7-4-8-12-22)19-26-18-21-9-5-3-6-10-21/h3-17H,18-19H2,1-2H3/b23-17+. The van der Waals surface area contributed by atoms with Crippen molar-refractivity contribution < 1.29 is 4.74 Å². The van der Waals surface area contributed by atoms with E-state index in [1.165, 1.54) is 28.0 Å². The van der Waals surface area contributed by atoms with Crippen LogP contribution in [0.4, 0.5) is 5.69 Å². The summed E-state index contributed by atoms with van der Waals surface area (Å²) < 4.78 is 5.99. The Labute approximate surface area is 156 Å². The molecule has 0 heterocycles. The van der Waals surface area contributed by atoms with Crippen LogP contribution < -0.4 is 4.90 Å². The molecule has 0 saturated carbocycles. The maximum Gasteiger partial charge on any atom is 0.0727 e. The number of rotatable bonds is 7. The van der Waals surface area contributed by atoms with Crippen molar-refractivity contribution in [1.82, 2.24) is 0 Å². The van der Waals surface area contributed by atoms with E-state index < -0.39 is 0 Å². The first-order valence-corrected chi connectivity index (χ1v) is 8.87. The molecule has 0 amide bonds. The van der Waals surface area contributed by atoms with Gasteiger partial charge in [-0.05, 0) is 40.5 Å². The molecule has 132 valence electrons. The van der Waals surface area contributed by atoms with Crippen LogP contribution in [-0.4, -0.2) is 20.7 Å². The number of benzene rings is 3. The average Bonchev–Trinajstić information content (AvgIpc) is 2.69. The van der Waals surface area contributed by atoms with Crippen LogP contribution in [0.3, 0.4) is 0 Å². The van der Waals surface area contributed by atoms with E-state index in [9.17, 15) is 0 Å². The van der Waals surface area contributed by atoms with Gasteiger partial charge in [-0.1, -0.05) is 72.8 Å². The molecule has 0 aliphatic rings. The van der Waals surface area contributed by atoms with Gasteiger partial charge in [-0.2, -0.15) is 0 Å². The van der Waals surface area contributed by atoms with Crippen LogP contribution >= 0.6 is 0 Å². The smallest absolute Gasteiger partial charge is 0.0727 e. The highest BCUT2D eigenvalue weighted by Crippen LogP contribution is 2.21. The summed E-state index contributed by atoms with van der Waals surface area (Å²) in [6.45, 7) is 1.19. The van der Waals surface area contributed by atoms with Crippen LogP contribution in [0.1, 0.15) is 16.7 Å². The van der Waals surface area contributed by atoms with Gasteiger partial charge in [-0.3, -0.25) is 0 Å². The fourth-order valence-electron chi connectivity index (χ4n) is 2.78. The van der Waals surface area contributed by atoms with Crippen molar-refractivity contribution in [3.05, 3.63) is 102 Å². The highest BCUT2D eigenvalue weighted by Gasteiger charge is 2.04. The van der Waals surface area contributed by atoms with Gasteiger partial charge >= 0.3 is 0 Å². The average molecular weight is 343 g/mol. The van der Waals surface area contributed by atoms with Crippen LogP contribution in [-0.2, 0) is 11.3 Å². The van der Waals surface area contributed by atoms with Gasteiger partial charge in [0.2, 0.25) is 0 Å². The van der Waals surface area contributed by atoms with Crippen molar-refractivity contribution in [2.24, 2.45) is 0 Å². The number of ether oxygens (including phenoxy) is 1. The Morgan fingerprint density at radius 3 is 2.04 bits per heavy atom. The van der Waals surface area contributed by atoms with E-state index in [2.05, 4.69) is 85.7 Å². The fourth-order valence-corrected chi connectivity index (χ4v) is 2.78. The molecule has 3 aromatic rings. The summed E-state index contributed by atoms with van der Waals surface area (Å²) in [6, 6.07) is 29.3. The van der Waals surface area contributed by atoms with Gasteiger partial charge in [0.25, 0.3) is 0 Å². The SMILES string of the molecule is CN(C)c1ccc(/C=C(\COCc2ccccc2)c2ccccc2)cc1. The normalized spacial score (nSPS) is 11.4. The van der Waals surface area contributed by atoms with E-state index in [4.69, 9.17) is 4.74 Å². The molecule has 0 spiro atoms. The van der Waals surface area contributed by atoms with Gasteiger partial charge in [0.15, 0.2) is 0 Å². The van der Waals surface area contributed by atoms with Gasteiger partial charge in [0.05, 0.1) is 13.2 Å². The van der Waals surface area contributed by atoms with Gasteiger partial charge in [0, 0.05) is 19.8 Å². The van der Waals surface area contributed by atoms with Crippen molar-refractivity contribution in [1.29, 1.82) is 0 Å². The third-order valence-corrected chi connectivity index (χ3v) is 4.26. The fraction of sp³-hybridized carbons (Fsp3) is 0.167. The topological polar surface area (TPSA) is 12.5 Å². The van der Waals surface area contributed by atoms with Crippen LogP contribution in [0, 0.1) is 0 Å². The monoisotopic (exact) mass is 343 g/mol. The molecule has 3 rings (SSSR count). The van der Waals surface area contributed by atoms with Crippen molar-refractivity contribution in [2.75, 3.05) is 25.6 Å². The molecule has 2 nitrogen and oxygen atoms in total. The molecule has 0 aromatic heterocycles. The van der Waals surface area contributed by atoms with Crippen molar-refractivity contribution >= 4 is 17.3 Å². The highest BCUT2D eigenvalue weighted by atomic mass is 16.5. The second-order valence-electron chi connectivity index (χ2n) is 6.50. The Bertz CT molecular complexity index is 821. The lowest BCUT2D eigenvalue weighted by Gasteiger charge is -2.13. The maximum atomic E-state index is 5.99. The molecule has 2 heteroatoms. The largest absolute Gasteiger partial charge is 0.378 e. The lowest BCUT2D eigenvalue weighted by Crippen LogP contribution is -2.07. The lowest BCUT2D eigenvalue weighted by atomic mass is 10.0. The molecule has 0 saturated heterocycles. The summed E-state index contributed by atoms with van der Waals surface area (Å²) >= 11 is 0. The molecule has 0 bridgehead atoms. The highest BCUT2D eigenvalue weighted by molar-refractivity contribution is 5.82. The molecular weight excluding hydrogens is 318 g/mol.